The molecule has 174 valence electrons. The molecule has 0 aliphatic heterocycles. The van der Waals surface area contributed by atoms with Gasteiger partial charge in [-0.3, -0.25) is 0 Å². The molecule has 2 heteroatoms. The monoisotopic (exact) mass is 622 g/mol. The molecule has 2 unspecified atom stereocenters. The van der Waals surface area contributed by atoms with E-state index in [9.17, 15) is 0 Å². The van der Waals surface area contributed by atoms with Crippen LogP contribution in [0.25, 0.3) is 12.2 Å². The van der Waals surface area contributed by atoms with Crippen LogP contribution in [0.1, 0.15) is 109 Å². The zero-order valence-electron chi connectivity index (χ0n) is 22.3. The van der Waals surface area contributed by atoms with Gasteiger partial charge in [-0.15, -0.1) is 0 Å². The molecule has 0 aromatic heterocycles. The maximum atomic E-state index is 2.58. The van der Waals surface area contributed by atoms with Gasteiger partial charge in [-0.05, 0) is 0 Å². The Morgan fingerprint density at radius 3 is 1.52 bits per heavy atom. The summed E-state index contributed by atoms with van der Waals surface area (Å²) in [5.74, 6) is 0. The molecule has 0 amide bonds. The summed E-state index contributed by atoms with van der Waals surface area (Å²) in [6.07, 6.45) is 7.08. The summed E-state index contributed by atoms with van der Waals surface area (Å²) in [4.78, 5) is 0. The molecule has 0 fully saturated rings. The van der Waals surface area contributed by atoms with Crippen molar-refractivity contribution in [2.45, 2.75) is 93.0 Å². The van der Waals surface area contributed by atoms with E-state index in [1.165, 1.54) is 23.6 Å². The van der Waals surface area contributed by atoms with Gasteiger partial charge in [0.25, 0.3) is 0 Å². The number of allylic oxidation sites excluding steroid dienone is 2. The summed E-state index contributed by atoms with van der Waals surface area (Å²) in [5, 5.41) is 0. The Morgan fingerprint density at radius 1 is 0.727 bits per heavy atom. The van der Waals surface area contributed by atoms with Gasteiger partial charge in [0.2, 0.25) is 0 Å². The van der Waals surface area contributed by atoms with Crippen LogP contribution in [-0.2, 0) is 30.9 Å². The second-order valence-electron chi connectivity index (χ2n) is 12.3. The Labute approximate surface area is 211 Å². The molecule has 0 saturated heterocycles. The summed E-state index contributed by atoms with van der Waals surface area (Å²) in [6.45, 7) is 21.5. The first kappa shape index (κ1) is 25.1. The molecular weight excluding hydrogens is 579 g/mol. The van der Waals surface area contributed by atoms with E-state index in [0.717, 1.165) is 7.35 Å². The van der Waals surface area contributed by atoms with Crippen LogP contribution in [0.2, 0.25) is 6.04 Å². The van der Waals surface area contributed by atoms with E-state index in [1.54, 1.807) is 33.4 Å². The van der Waals surface area contributed by atoms with Crippen LogP contribution in [0.5, 0.6) is 0 Å². The molecule has 2 aromatic carbocycles. The normalized spacial score (nSPS) is 19.7. The van der Waals surface area contributed by atoms with E-state index in [4.69, 9.17) is 0 Å². The van der Waals surface area contributed by atoms with Crippen LogP contribution in [0.15, 0.2) is 47.5 Å². The van der Waals surface area contributed by atoms with Crippen LogP contribution in [0, 0.1) is 0 Å². The van der Waals surface area contributed by atoms with Gasteiger partial charge in [0.1, 0.15) is 0 Å². The minimum atomic E-state index is -2.13. The van der Waals surface area contributed by atoms with Crippen molar-refractivity contribution in [3.63, 3.8) is 0 Å². The fourth-order valence-electron chi connectivity index (χ4n) is 6.01. The third-order valence-electron chi connectivity index (χ3n) is 7.51. The molecule has 2 aliphatic rings. The Morgan fingerprint density at radius 2 is 1.15 bits per heavy atom. The molecule has 0 nitrogen and oxygen atoms in total. The van der Waals surface area contributed by atoms with Crippen molar-refractivity contribution in [1.29, 1.82) is 0 Å². The Bertz CT molecular complexity index is 1080. The van der Waals surface area contributed by atoms with Crippen LogP contribution < -0.4 is 0 Å². The quantitative estimate of drug-likeness (QED) is 0.300. The van der Waals surface area contributed by atoms with E-state index in [-0.39, 0.29) is 10.8 Å². The summed E-state index contributed by atoms with van der Waals surface area (Å²) in [7, 11) is 0. The standard InChI is InChI=1S/2C14H17.C3H8Si.Hf/c2*1-10-8-11-6-5-7-13(12(11)9-10)14(2,3)4;1-2-3-4;/h2*5-9H,1-4H3;4H,2-3H2,1H3;. The van der Waals surface area contributed by atoms with Crippen LogP contribution in [0.4, 0.5) is 0 Å². The van der Waals surface area contributed by atoms with Crippen molar-refractivity contribution in [1.82, 2.24) is 0 Å². The molecule has 0 saturated carbocycles. The van der Waals surface area contributed by atoms with Crippen molar-refractivity contribution in [2.75, 3.05) is 0 Å². The molecule has 0 N–H and O–H groups in total. The fraction of sp³-hybridized carbons (Fsp3) is 0.484. The topological polar surface area (TPSA) is 0 Å². The third kappa shape index (κ3) is 4.64. The van der Waals surface area contributed by atoms with Gasteiger partial charge in [0.15, 0.2) is 0 Å². The number of benzene rings is 2. The summed E-state index contributed by atoms with van der Waals surface area (Å²) >= 11 is -2.13. The number of rotatable bonds is 4. The van der Waals surface area contributed by atoms with Crippen LogP contribution in [-0.4, -0.2) is 6.22 Å². The van der Waals surface area contributed by atoms with Gasteiger partial charge < -0.3 is 0 Å². The molecule has 2 atom stereocenters. The maximum absolute atomic E-state index is 2.58. The molecular formula is C31H42HfSi. The fourth-order valence-corrected chi connectivity index (χ4v) is 36.1. The van der Waals surface area contributed by atoms with Crippen LogP contribution >= 0.6 is 0 Å². The van der Waals surface area contributed by atoms with Crippen molar-refractivity contribution in [2.24, 2.45) is 0 Å². The molecule has 2 aliphatic carbocycles. The van der Waals surface area contributed by atoms with E-state index in [2.05, 4.69) is 111 Å². The van der Waals surface area contributed by atoms with Gasteiger partial charge in [-0.1, -0.05) is 0 Å². The van der Waals surface area contributed by atoms with Gasteiger partial charge >= 0.3 is 212 Å². The molecule has 2 aromatic rings. The predicted octanol–water partition coefficient (Wildman–Crippen LogP) is 8.70. The van der Waals surface area contributed by atoms with E-state index in [1.807, 2.05) is 0 Å². The minimum absolute atomic E-state index is 0.191. The first-order valence-corrected chi connectivity index (χ1v) is 24.5. The molecule has 0 heterocycles. The van der Waals surface area contributed by atoms with Gasteiger partial charge in [0, 0.05) is 0 Å². The molecule has 33 heavy (non-hydrogen) atoms. The number of hydrogen-bond acceptors (Lipinski definition) is 0. The van der Waals surface area contributed by atoms with E-state index < -0.39 is 20.1 Å². The van der Waals surface area contributed by atoms with Crippen LogP contribution in [0.3, 0.4) is 0 Å². The third-order valence-corrected chi connectivity index (χ3v) is 32.8. The van der Waals surface area contributed by atoms with Gasteiger partial charge in [0.05, 0.1) is 0 Å². The van der Waals surface area contributed by atoms with Gasteiger partial charge in [-0.25, -0.2) is 0 Å². The summed E-state index contributed by atoms with van der Waals surface area (Å²) in [6, 6.07) is 15.9. The molecule has 4 rings (SSSR count). The SMILES string of the molecule is CCC[SiH]=[Hf]([CH]1C(C)=Cc2c1cccc2C(C)(C)C)[CH]1C(C)=Cc2c1cccc2C(C)(C)C. The molecule has 0 bridgehead atoms. The second-order valence-corrected chi connectivity index (χ2v) is 30.8. The zero-order valence-corrected chi connectivity index (χ0v) is 27.0. The Kier molecular flexibility index (Phi) is 7.02. The van der Waals surface area contributed by atoms with Crippen molar-refractivity contribution >= 4 is 18.4 Å². The first-order chi connectivity index (χ1) is 15.4. The average molecular weight is 621 g/mol. The van der Waals surface area contributed by atoms with E-state index in [0.29, 0.717) is 6.22 Å². The summed E-state index contributed by atoms with van der Waals surface area (Å²) < 4.78 is 1.51. The zero-order chi connectivity index (χ0) is 24.1. The van der Waals surface area contributed by atoms with Gasteiger partial charge in [-0.2, -0.15) is 0 Å². The average Bonchev–Trinajstić information content (AvgIpc) is 3.23. The first-order valence-electron chi connectivity index (χ1n) is 12.8. The second kappa shape index (κ2) is 9.23. The van der Waals surface area contributed by atoms with E-state index >= 15 is 0 Å². The summed E-state index contributed by atoms with van der Waals surface area (Å²) in [5.41, 5.74) is 13.3. The van der Waals surface area contributed by atoms with Crippen molar-refractivity contribution in [3.05, 3.63) is 80.9 Å². The van der Waals surface area contributed by atoms with Crippen molar-refractivity contribution < 1.29 is 20.1 Å². The Hall–Kier alpha value is -0.993. The van der Waals surface area contributed by atoms with Crippen molar-refractivity contribution in [3.8, 4) is 0 Å². The Balaban J connectivity index is 1.89. The number of fused-ring (bicyclic) bond motifs is 2. The molecule has 0 spiro atoms. The number of hydrogen-bond donors (Lipinski definition) is 0. The molecule has 0 radical (unpaired) electrons. The predicted molar refractivity (Wildman–Crippen MR) is 145 cm³/mol.